The van der Waals surface area contributed by atoms with E-state index in [1.165, 1.54) is 63.8 Å². The molecule has 0 bridgehead atoms. The van der Waals surface area contributed by atoms with E-state index >= 15 is 0 Å². The minimum absolute atomic E-state index is 0. The zero-order chi connectivity index (χ0) is 42.3. The molecule has 0 aliphatic heterocycles. The fourth-order valence-electron chi connectivity index (χ4n) is 6.70. The van der Waals surface area contributed by atoms with Gasteiger partial charge in [-0.05, 0) is 0 Å². The predicted octanol–water partition coefficient (Wildman–Crippen LogP) is 10.0. The van der Waals surface area contributed by atoms with Crippen molar-refractivity contribution in [1.29, 1.82) is 0 Å². The molecule has 5 heteroatoms. The van der Waals surface area contributed by atoms with Crippen LogP contribution in [0.4, 0.5) is 0 Å². The average Bonchev–Trinajstić information content (AvgIpc) is 4.20. The van der Waals surface area contributed by atoms with E-state index in [1.807, 2.05) is 0 Å². The third-order valence-electron chi connectivity index (χ3n) is 9.86. The molecule has 0 aliphatic carbocycles. The molecule has 0 aromatic heterocycles. The van der Waals surface area contributed by atoms with Gasteiger partial charge in [-0.3, -0.25) is 0 Å². The van der Waals surface area contributed by atoms with E-state index in [2.05, 4.69) is 291 Å². The molecule has 6 radical (unpaired) electrons. The average molecular weight is 1040 g/mol. The van der Waals surface area contributed by atoms with Crippen LogP contribution in [0, 0.1) is 0 Å². The monoisotopic (exact) mass is 1040 g/mol. The summed E-state index contributed by atoms with van der Waals surface area (Å²) < 4.78 is 0. The number of rotatable bonds is 4. The van der Waals surface area contributed by atoms with Crippen LogP contribution in [0.2, 0.25) is 0 Å². The summed E-state index contributed by atoms with van der Waals surface area (Å²) in [6.07, 6.45) is 0. The Labute approximate surface area is 436 Å². The molecule has 0 atom stereocenters. The molecule has 0 nitrogen and oxygen atoms in total. The van der Waals surface area contributed by atoms with Gasteiger partial charge < -0.3 is 13.8 Å². The van der Waals surface area contributed by atoms with Gasteiger partial charge in [-0.25, -0.2) is 0 Å². The fraction of sp³-hybridized carbons (Fsp3) is 0. The Morgan fingerprint density at radius 3 is 0.615 bits per heavy atom. The van der Waals surface area contributed by atoms with E-state index in [-0.39, 0.29) is 66.2 Å². The van der Waals surface area contributed by atoms with Gasteiger partial charge in [0.15, 0.2) is 0 Å². The van der Waals surface area contributed by atoms with Gasteiger partial charge in [-0.1, -0.05) is 166 Å². The van der Waals surface area contributed by atoms with E-state index < -0.39 is 0 Å². The van der Waals surface area contributed by atoms with Gasteiger partial charge in [0.1, 0.15) is 19.0 Å². The third-order valence-corrected chi connectivity index (χ3v) is 12.4. The van der Waals surface area contributed by atoms with Crippen LogP contribution in [0.1, 0.15) is 1.43 Å². The molecule has 12 aromatic carbocycles. The Kier molecular flexibility index (Phi) is 24.1. The Bertz CT molecular complexity index is 2500. The predicted molar refractivity (Wildman–Crippen MR) is 275 cm³/mol. The number of hydrogen-bond donors (Lipinski definition) is 0. The standard InChI is InChI=1S/2C12H10Si.4C9H7.ClH.2Zr.H/c2*1-3-7-11(8-4-1)13-12-9-5-2-6-10-12;4*1-2-5-9-7-3-6-8(9)4-1;;;;/h2*1-10H;4*1-7H;1H;;;/q;;4*-1;;2*+3;-1/p-1. The van der Waals surface area contributed by atoms with Crippen molar-refractivity contribution < 1.29 is 66.2 Å². The van der Waals surface area contributed by atoms with Crippen molar-refractivity contribution in [1.82, 2.24) is 0 Å². The van der Waals surface area contributed by atoms with Crippen LogP contribution in [-0.2, 0) is 52.4 Å². The fourth-order valence-corrected chi connectivity index (χ4v) is 8.80. The molecule has 0 saturated heterocycles. The van der Waals surface area contributed by atoms with Gasteiger partial charge in [0.05, 0.1) is 0 Å². The van der Waals surface area contributed by atoms with E-state index in [4.69, 9.17) is 0 Å². The smallest absolute Gasteiger partial charge is 1.00 e. The minimum Gasteiger partial charge on any atom is -1.00 e. The van der Waals surface area contributed by atoms with E-state index in [0.29, 0.717) is 0 Å². The van der Waals surface area contributed by atoms with E-state index in [1.54, 1.807) is 0 Å². The van der Waals surface area contributed by atoms with Crippen molar-refractivity contribution in [3.8, 4) is 0 Å². The zero-order valence-corrected chi connectivity index (χ0v) is 43.8. The Balaban J connectivity index is 0.000000209. The quantitative estimate of drug-likeness (QED) is 0.122. The topological polar surface area (TPSA) is 0 Å². The SMILES string of the molecule is [Cl-].[H-].[Zr+3].[Zr+3].c1ccc([Si]c2ccccc2)cc1.c1ccc([Si]c2ccccc2)cc1.c1ccc2[cH-]ccc2c1.c1ccc2[cH-]ccc2c1.c1ccc2[cH-]ccc2c1.c1ccc2[cH-]ccc2c1. The van der Waals surface area contributed by atoms with Crippen molar-refractivity contribution in [2.24, 2.45) is 0 Å². The second-order valence-corrected chi connectivity index (χ2v) is 17.1. The van der Waals surface area contributed by atoms with Crippen molar-refractivity contribution in [2.75, 3.05) is 0 Å². The first-order valence-corrected chi connectivity index (χ1v) is 22.9. The molecular formula is C60H49ClSi2Zr2. The van der Waals surface area contributed by atoms with Gasteiger partial charge >= 0.3 is 52.4 Å². The second kappa shape index (κ2) is 30.0. The molecule has 0 heterocycles. The number of benzene rings is 8. The Morgan fingerprint density at radius 1 is 0.231 bits per heavy atom. The number of hydrogen-bond acceptors (Lipinski definition) is 0. The number of halogens is 1. The molecule has 0 unspecified atom stereocenters. The van der Waals surface area contributed by atoms with Gasteiger partial charge in [-0.15, -0.1) is 119 Å². The van der Waals surface area contributed by atoms with Gasteiger partial charge in [0.25, 0.3) is 0 Å². The molecule has 0 amide bonds. The summed E-state index contributed by atoms with van der Waals surface area (Å²) in [6.45, 7) is 0. The molecule has 0 fully saturated rings. The summed E-state index contributed by atoms with van der Waals surface area (Å²) in [6, 6.07) is 101. The summed E-state index contributed by atoms with van der Waals surface area (Å²) in [4.78, 5) is 0. The maximum absolute atomic E-state index is 2.17. The molecule has 0 spiro atoms. The second-order valence-electron chi connectivity index (χ2n) is 14.3. The number of fused-ring (bicyclic) bond motifs is 4. The van der Waals surface area contributed by atoms with E-state index in [9.17, 15) is 0 Å². The van der Waals surface area contributed by atoms with Crippen LogP contribution < -0.4 is 33.2 Å². The zero-order valence-electron chi connectivity index (χ0n) is 37.1. The van der Waals surface area contributed by atoms with Gasteiger partial charge in [0.2, 0.25) is 0 Å². The molecular weight excluding hydrogens is 995 g/mol. The van der Waals surface area contributed by atoms with E-state index in [0.717, 1.165) is 19.0 Å². The summed E-state index contributed by atoms with van der Waals surface area (Å²) >= 11 is 0. The van der Waals surface area contributed by atoms with Crippen LogP contribution in [0.25, 0.3) is 43.1 Å². The van der Waals surface area contributed by atoms with Gasteiger partial charge in [-0.2, -0.15) is 70.1 Å². The van der Waals surface area contributed by atoms with Crippen LogP contribution in [-0.4, -0.2) is 19.0 Å². The molecule has 0 saturated carbocycles. The first-order valence-electron chi connectivity index (χ1n) is 20.9. The van der Waals surface area contributed by atoms with Crippen molar-refractivity contribution in [3.05, 3.63) is 291 Å². The van der Waals surface area contributed by atoms with Crippen LogP contribution in [0.15, 0.2) is 291 Å². The summed E-state index contributed by atoms with van der Waals surface area (Å²) in [7, 11) is 1.55. The Morgan fingerprint density at radius 2 is 0.415 bits per heavy atom. The largest absolute Gasteiger partial charge is 3.00 e. The summed E-state index contributed by atoms with van der Waals surface area (Å²) in [5, 5.41) is 16.2. The van der Waals surface area contributed by atoms with Crippen molar-refractivity contribution >= 4 is 82.9 Å². The van der Waals surface area contributed by atoms with Crippen LogP contribution >= 0.6 is 0 Å². The van der Waals surface area contributed by atoms with Crippen LogP contribution in [0.5, 0.6) is 0 Å². The van der Waals surface area contributed by atoms with Gasteiger partial charge in [0, 0.05) is 0 Å². The normalized spacial score (nSPS) is 9.60. The molecule has 0 aliphatic rings. The molecule has 12 aromatic rings. The minimum atomic E-state index is 0. The molecule has 312 valence electrons. The maximum Gasteiger partial charge on any atom is 3.00 e. The first kappa shape index (κ1) is 52.3. The molecule has 65 heavy (non-hydrogen) atoms. The van der Waals surface area contributed by atoms with Crippen LogP contribution in [0.3, 0.4) is 0 Å². The molecule has 12 rings (SSSR count). The third kappa shape index (κ3) is 17.9. The summed E-state index contributed by atoms with van der Waals surface area (Å²) in [5.41, 5.74) is 0. The van der Waals surface area contributed by atoms with Crippen molar-refractivity contribution in [3.63, 3.8) is 0 Å². The Hall–Kier alpha value is -5.31. The molecule has 0 N–H and O–H groups in total. The maximum atomic E-state index is 2.17. The van der Waals surface area contributed by atoms with Crippen molar-refractivity contribution in [2.45, 2.75) is 0 Å². The summed E-state index contributed by atoms with van der Waals surface area (Å²) in [5.74, 6) is 0. The first-order chi connectivity index (χ1) is 30.8.